The topological polar surface area (TPSA) is 71.4 Å². The molecule has 0 heterocycles. The van der Waals surface area contributed by atoms with Crippen molar-refractivity contribution in [1.82, 2.24) is 0 Å². The molecule has 0 aliphatic heterocycles. The molecule has 4 nitrogen and oxygen atoms in total. The number of sulfone groups is 1. The molecular weight excluding hydrogens is 266 g/mol. The zero-order valence-corrected chi connectivity index (χ0v) is 10.4. The van der Waals surface area contributed by atoms with E-state index in [0.29, 0.717) is 6.07 Å². The highest BCUT2D eigenvalue weighted by Gasteiger charge is 2.17. The maximum Gasteiger partial charge on any atom is 0.303 e. The lowest BCUT2D eigenvalue weighted by atomic mass is 10.1. The minimum absolute atomic E-state index is 0.0267. The van der Waals surface area contributed by atoms with Crippen molar-refractivity contribution in [2.45, 2.75) is 24.2 Å². The van der Waals surface area contributed by atoms with E-state index in [1.54, 1.807) is 0 Å². The summed E-state index contributed by atoms with van der Waals surface area (Å²) in [6.07, 6.45) is 0.826. The Hall–Kier alpha value is -1.50. The smallest absolute Gasteiger partial charge is 0.303 e. The van der Waals surface area contributed by atoms with Crippen LogP contribution in [-0.2, 0) is 21.1 Å². The maximum atomic E-state index is 13.5. The zero-order valence-electron chi connectivity index (χ0n) is 9.61. The number of hydrogen-bond donors (Lipinski definition) is 1. The van der Waals surface area contributed by atoms with Gasteiger partial charge in [-0.2, -0.15) is 0 Å². The average molecular weight is 278 g/mol. The van der Waals surface area contributed by atoms with Crippen LogP contribution < -0.4 is 0 Å². The number of halogens is 2. The maximum absolute atomic E-state index is 13.5. The predicted molar refractivity (Wildman–Crippen MR) is 60.0 cm³/mol. The molecule has 0 radical (unpaired) electrons. The fraction of sp³-hybridized carbons (Fsp3) is 0.364. The Labute approximate surface area is 103 Å². The first-order valence-corrected chi connectivity index (χ1v) is 7.00. The van der Waals surface area contributed by atoms with Crippen LogP contribution in [0.3, 0.4) is 0 Å². The summed E-state index contributed by atoms with van der Waals surface area (Å²) in [7, 11) is -3.82. The van der Waals surface area contributed by atoms with Gasteiger partial charge in [0.2, 0.25) is 0 Å². The van der Waals surface area contributed by atoms with Crippen molar-refractivity contribution in [3.8, 4) is 0 Å². The van der Waals surface area contributed by atoms with E-state index in [9.17, 15) is 22.0 Å². The van der Waals surface area contributed by atoms with Gasteiger partial charge >= 0.3 is 5.97 Å². The number of hydrogen-bond acceptors (Lipinski definition) is 3. The second-order valence-corrected chi connectivity index (χ2v) is 5.88. The van der Waals surface area contributed by atoms with Crippen LogP contribution in [0.1, 0.15) is 18.4 Å². The molecule has 0 fully saturated rings. The first-order chi connectivity index (χ1) is 8.21. The number of rotatable bonds is 5. The SMILES string of the molecule is CS(=O)(=O)c1cc(F)c(CCCC(=O)O)cc1F. The summed E-state index contributed by atoms with van der Waals surface area (Å²) >= 11 is 0. The molecule has 100 valence electrons. The largest absolute Gasteiger partial charge is 0.481 e. The van der Waals surface area contributed by atoms with E-state index in [0.717, 1.165) is 12.3 Å². The molecule has 1 rings (SSSR count). The molecule has 0 amide bonds. The molecule has 0 aromatic heterocycles. The van der Waals surface area contributed by atoms with Gasteiger partial charge in [0, 0.05) is 12.7 Å². The molecule has 18 heavy (non-hydrogen) atoms. The number of aliphatic carboxylic acids is 1. The van der Waals surface area contributed by atoms with Crippen molar-refractivity contribution < 1.29 is 27.1 Å². The van der Waals surface area contributed by atoms with Gasteiger partial charge in [0.25, 0.3) is 0 Å². The minimum Gasteiger partial charge on any atom is -0.481 e. The van der Waals surface area contributed by atoms with E-state index in [1.165, 1.54) is 0 Å². The van der Waals surface area contributed by atoms with Crippen molar-refractivity contribution in [3.63, 3.8) is 0 Å². The molecule has 0 saturated carbocycles. The predicted octanol–water partition coefficient (Wildman–Crippen LogP) is 1.78. The molecule has 0 spiro atoms. The van der Waals surface area contributed by atoms with Gasteiger partial charge in [0.05, 0.1) is 0 Å². The molecule has 0 bridgehead atoms. The van der Waals surface area contributed by atoms with Gasteiger partial charge < -0.3 is 5.11 Å². The lowest BCUT2D eigenvalue weighted by Crippen LogP contribution is -2.04. The molecule has 0 aliphatic rings. The molecular formula is C11H12F2O4S. The quantitative estimate of drug-likeness (QED) is 0.891. The third-order valence-electron chi connectivity index (χ3n) is 2.34. The van der Waals surface area contributed by atoms with E-state index >= 15 is 0 Å². The van der Waals surface area contributed by atoms with Gasteiger partial charge in [-0.05, 0) is 30.5 Å². The highest BCUT2D eigenvalue weighted by Crippen LogP contribution is 2.20. The van der Waals surface area contributed by atoms with Crippen LogP contribution in [0.2, 0.25) is 0 Å². The highest BCUT2D eigenvalue weighted by molar-refractivity contribution is 7.90. The zero-order chi connectivity index (χ0) is 13.9. The lowest BCUT2D eigenvalue weighted by Gasteiger charge is -2.06. The summed E-state index contributed by atoms with van der Waals surface area (Å²) in [5, 5.41) is 8.42. The van der Waals surface area contributed by atoms with Gasteiger partial charge in [-0.3, -0.25) is 4.79 Å². The highest BCUT2D eigenvalue weighted by atomic mass is 32.2. The van der Waals surface area contributed by atoms with Gasteiger partial charge in [-0.15, -0.1) is 0 Å². The van der Waals surface area contributed by atoms with Crippen molar-refractivity contribution in [3.05, 3.63) is 29.3 Å². The summed E-state index contributed by atoms with van der Waals surface area (Å²) in [5.74, 6) is -2.89. The minimum atomic E-state index is -3.82. The van der Waals surface area contributed by atoms with Crippen LogP contribution in [0.15, 0.2) is 17.0 Å². The van der Waals surface area contributed by atoms with Crippen LogP contribution in [0.25, 0.3) is 0 Å². The Morgan fingerprint density at radius 1 is 1.28 bits per heavy atom. The van der Waals surface area contributed by atoms with Crippen molar-refractivity contribution in [1.29, 1.82) is 0 Å². The Morgan fingerprint density at radius 2 is 1.89 bits per heavy atom. The Kier molecular flexibility index (Phi) is 4.39. The Bertz CT molecular complexity index is 567. The van der Waals surface area contributed by atoms with Gasteiger partial charge in [0.1, 0.15) is 16.5 Å². The fourth-order valence-electron chi connectivity index (χ4n) is 1.48. The van der Waals surface area contributed by atoms with Gasteiger partial charge in [-0.1, -0.05) is 0 Å². The summed E-state index contributed by atoms with van der Waals surface area (Å²) in [6.45, 7) is 0. The average Bonchev–Trinajstić information content (AvgIpc) is 2.20. The third-order valence-corrected chi connectivity index (χ3v) is 3.45. The summed E-state index contributed by atoms with van der Waals surface area (Å²) in [4.78, 5) is 9.59. The first kappa shape index (κ1) is 14.6. The molecule has 1 aromatic rings. The number of aryl methyl sites for hydroxylation is 1. The normalized spacial score (nSPS) is 11.5. The van der Waals surface area contributed by atoms with Crippen LogP contribution in [0.5, 0.6) is 0 Å². The summed E-state index contributed by atoms with van der Waals surface area (Å²) in [6, 6.07) is 1.42. The van der Waals surface area contributed by atoms with Crippen LogP contribution in [-0.4, -0.2) is 25.7 Å². The lowest BCUT2D eigenvalue weighted by molar-refractivity contribution is -0.137. The number of carboxylic acid groups (broad SMARTS) is 1. The molecule has 0 saturated heterocycles. The Balaban J connectivity index is 2.97. The second kappa shape index (κ2) is 5.43. The van der Waals surface area contributed by atoms with Gasteiger partial charge in [-0.25, -0.2) is 17.2 Å². The standard InChI is InChI=1S/C11H12F2O4S/c1-18(16,17)10-6-8(12)7(5-9(10)13)3-2-4-11(14)15/h5-6H,2-4H2,1H3,(H,14,15). The van der Waals surface area contributed by atoms with E-state index in [2.05, 4.69) is 0 Å². The first-order valence-electron chi connectivity index (χ1n) is 5.11. The van der Waals surface area contributed by atoms with Crippen LogP contribution in [0.4, 0.5) is 8.78 Å². The van der Waals surface area contributed by atoms with E-state index in [-0.39, 0.29) is 24.8 Å². The molecule has 0 aliphatic carbocycles. The Morgan fingerprint density at radius 3 is 2.39 bits per heavy atom. The van der Waals surface area contributed by atoms with E-state index < -0.39 is 32.3 Å². The van der Waals surface area contributed by atoms with Crippen LogP contribution in [0, 0.1) is 11.6 Å². The number of benzene rings is 1. The monoisotopic (exact) mass is 278 g/mol. The summed E-state index contributed by atoms with van der Waals surface area (Å²) in [5.41, 5.74) is -0.0267. The van der Waals surface area contributed by atoms with Crippen molar-refractivity contribution in [2.24, 2.45) is 0 Å². The third kappa shape index (κ3) is 3.76. The van der Waals surface area contributed by atoms with Crippen LogP contribution >= 0.6 is 0 Å². The van der Waals surface area contributed by atoms with E-state index in [4.69, 9.17) is 5.11 Å². The van der Waals surface area contributed by atoms with Crippen molar-refractivity contribution >= 4 is 15.8 Å². The molecule has 0 unspecified atom stereocenters. The van der Waals surface area contributed by atoms with Gasteiger partial charge in [0.15, 0.2) is 9.84 Å². The molecule has 1 N–H and O–H groups in total. The number of carboxylic acids is 1. The second-order valence-electron chi connectivity index (χ2n) is 3.89. The molecule has 1 aromatic carbocycles. The van der Waals surface area contributed by atoms with E-state index in [1.807, 2.05) is 0 Å². The fourth-order valence-corrected chi connectivity index (χ4v) is 2.21. The number of carbonyl (C=O) groups is 1. The molecule has 7 heteroatoms. The summed E-state index contributed by atoms with van der Waals surface area (Å²) < 4.78 is 49.2. The molecule has 0 atom stereocenters. The van der Waals surface area contributed by atoms with Crippen molar-refractivity contribution in [2.75, 3.05) is 6.26 Å².